The number of hydrogen-bond donors (Lipinski definition) is 2. The molecule has 11 heteroatoms. The van der Waals surface area contributed by atoms with Crippen LogP contribution in [0.4, 0.5) is 14.5 Å². The van der Waals surface area contributed by atoms with Gasteiger partial charge in [-0.1, -0.05) is 23.4 Å². The number of alkyl halides is 2. The highest BCUT2D eigenvalue weighted by atomic mass is 19.3. The van der Waals surface area contributed by atoms with E-state index >= 15 is 0 Å². The molecule has 2 N–H and O–H groups in total. The van der Waals surface area contributed by atoms with Crippen molar-refractivity contribution in [3.8, 4) is 5.69 Å². The molecule has 0 spiro atoms. The summed E-state index contributed by atoms with van der Waals surface area (Å²) in [4.78, 5) is 22.8. The van der Waals surface area contributed by atoms with Gasteiger partial charge in [0.25, 0.3) is 12.3 Å². The first-order valence-electron chi connectivity index (χ1n) is 7.30. The summed E-state index contributed by atoms with van der Waals surface area (Å²) in [6.45, 7) is -0.478. The van der Waals surface area contributed by atoms with Crippen LogP contribution in [0.3, 0.4) is 0 Å². The van der Waals surface area contributed by atoms with Crippen molar-refractivity contribution in [2.24, 2.45) is 0 Å². The van der Waals surface area contributed by atoms with E-state index in [-0.39, 0.29) is 11.4 Å². The normalized spacial score (nSPS) is 10.9. The quantitative estimate of drug-likeness (QED) is 0.690. The molecule has 2 aromatic heterocycles. The standard InChI is InChI=1S/C15H12F2N6O3/c16-14(17)13-10(6-18-23(13)9-4-2-1-3-5-9)19-15(26)11-7-22(21-20-11)8-12(24)25/h1-7,14H,8H2,(H,19,26)(H,24,25). The molecule has 0 atom stereocenters. The Bertz CT molecular complexity index is 938. The molecule has 0 fully saturated rings. The van der Waals surface area contributed by atoms with E-state index in [2.05, 4.69) is 20.7 Å². The van der Waals surface area contributed by atoms with Crippen LogP contribution in [0.25, 0.3) is 5.69 Å². The maximum Gasteiger partial charge on any atom is 0.325 e. The third-order valence-corrected chi connectivity index (χ3v) is 3.33. The summed E-state index contributed by atoms with van der Waals surface area (Å²) in [6, 6.07) is 8.28. The number of rotatable bonds is 6. The molecular formula is C15H12F2N6O3. The van der Waals surface area contributed by atoms with E-state index in [1.165, 1.54) is 0 Å². The van der Waals surface area contributed by atoms with Crippen molar-refractivity contribution in [1.29, 1.82) is 0 Å². The third kappa shape index (κ3) is 3.55. The zero-order valence-corrected chi connectivity index (χ0v) is 13.1. The maximum atomic E-state index is 13.5. The Hall–Kier alpha value is -3.63. The second-order valence-electron chi connectivity index (χ2n) is 5.14. The average molecular weight is 362 g/mol. The lowest BCUT2D eigenvalue weighted by Crippen LogP contribution is -2.14. The Morgan fingerprint density at radius 2 is 1.96 bits per heavy atom. The minimum Gasteiger partial charge on any atom is -0.480 e. The summed E-state index contributed by atoms with van der Waals surface area (Å²) >= 11 is 0. The number of hydrogen-bond acceptors (Lipinski definition) is 5. The van der Waals surface area contributed by atoms with Crippen LogP contribution in [0.5, 0.6) is 0 Å². The minimum absolute atomic E-state index is 0.179. The van der Waals surface area contributed by atoms with Crippen molar-refractivity contribution in [2.45, 2.75) is 13.0 Å². The van der Waals surface area contributed by atoms with Crippen LogP contribution in [-0.4, -0.2) is 41.8 Å². The van der Waals surface area contributed by atoms with Gasteiger partial charge in [-0.25, -0.2) is 18.1 Å². The van der Waals surface area contributed by atoms with E-state index < -0.39 is 30.5 Å². The van der Waals surface area contributed by atoms with Crippen LogP contribution in [-0.2, 0) is 11.3 Å². The largest absolute Gasteiger partial charge is 0.480 e. The van der Waals surface area contributed by atoms with Crippen LogP contribution < -0.4 is 5.32 Å². The van der Waals surface area contributed by atoms with Crippen molar-refractivity contribution in [3.05, 3.63) is 54.1 Å². The van der Waals surface area contributed by atoms with E-state index in [4.69, 9.17) is 5.11 Å². The van der Waals surface area contributed by atoms with Crippen LogP contribution >= 0.6 is 0 Å². The number of carbonyl (C=O) groups is 2. The molecule has 9 nitrogen and oxygen atoms in total. The summed E-state index contributed by atoms with van der Waals surface area (Å²) in [5, 5.41) is 21.9. The SMILES string of the molecule is O=C(O)Cn1cc(C(=O)Nc2cnn(-c3ccccc3)c2C(F)F)nn1. The number of carboxylic acids is 1. The van der Waals surface area contributed by atoms with Gasteiger partial charge in [0.15, 0.2) is 5.69 Å². The monoisotopic (exact) mass is 362 g/mol. The Morgan fingerprint density at radius 1 is 1.23 bits per heavy atom. The van der Waals surface area contributed by atoms with Crippen LogP contribution in [0, 0.1) is 0 Å². The third-order valence-electron chi connectivity index (χ3n) is 3.33. The van der Waals surface area contributed by atoms with Gasteiger partial charge in [0.05, 0.1) is 23.8 Å². The van der Waals surface area contributed by atoms with Crippen molar-refractivity contribution < 1.29 is 23.5 Å². The predicted octanol–water partition coefficient (Wildman–Crippen LogP) is 1.74. The molecule has 0 aliphatic carbocycles. The van der Waals surface area contributed by atoms with Gasteiger partial charge in [-0.2, -0.15) is 5.10 Å². The first-order valence-corrected chi connectivity index (χ1v) is 7.30. The number of aromatic nitrogens is 5. The zero-order chi connectivity index (χ0) is 18.7. The van der Waals surface area contributed by atoms with E-state index in [0.29, 0.717) is 5.69 Å². The van der Waals surface area contributed by atoms with Gasteiger partial charge < -0.3 is 10.4 Å². The van der Waals surface area contributed by atoms with Gasteiger partial charge >= 0.3 is 5.97 Å². The zero-order valence-electron chi connectivity index (χ0n) is 13.1. The molecule has 0 aliphatic rings. The lowest BCUT2D eigenvalue weighted by atomic mass is 10.3. The Labute approximate surface area is 144 Å². The number of amides is 1. The van der Waals surface area contributed by atoms with Gasteiger partial charge in [0.2, 0.25) is 0 Å². The maximum absolute atomic E-state index is 13.5. The molecule has 3 aromatic rings. The van der Waals surface area contributed by atoms with Gasteiger partial charge in [0.1, 0.15) is 12.2 Å². The molecule has 0 radical (unpaired) electrons. The molecule has 0 saturated heterocycles. The Kier molecular flexibility index (Phi) is 4.69. The number of benzene rings is 1. The fourth-order valence-corrected chi connectivity index (χ4v) is 2.24. The van der Waals surface area contributed by atoms with Crippen molar-refractivity contribution in [1.82, 2.24) is 24.8 Å². The number of aliphatic carboxylic acids is 1. The lowest BCUT2D eigenvalue weighted by molar-refractivity contribution is -0.137. The number of para-hydroxylation sites is 1. The van der Waals surface area contributed by atoms with Gasteiger partial charge in [-0.15, -0.1) is 5.10 Å². The van der Waals surface area contributed by atoms with Crippen molar-refractivity contribution >= 4 is 17.6 Å². The molecule has 1 aromatic carbocycles. The fraction of sp³-hybridized carbons (Fsp3) is 0.133. The van der Waals surface area contributed by atoms with E-state index in [1.54, 1.807) is 30.3 Å². The predicted molar refractivity (Wildman–Crippen MR) is 84.1 cm³/mol. The van der Waals surface area contributed by atoms with Crippen molar-refractivity contribution in [3.63, 3.8) is 0 Å². The summed E-state index contributed by atoms with van der Waals surface area (Å²) < 4.78 is 29.0. The molecule has 0 bridgehead atoms. The summed E-state index contributed by atoms with van der Waals surface area (Å²) in [5.74, 6) is -1.97. The number of halogens is 2. The summed E-state index contributed by atoms with van der Waals surface area (Å²) in [6.07, 6.45) is -0.683. The number of anilines is 1. The second kappa shape index (κ2) is 7.09. The molecule has 134 valence electrons. The Balaban J connectivity index is 1.86. The molecule has 0 unspecified atom stereocenters. The van der Waals surface area contributed by atoms with Crippen molar-refractivity contribution in [2.75, 3.05) is 5.32 Å². The summed E-state index contributed by atoms with van der Waals surface area (Å²) in [7, 11) is 0. The topological polar surface area (TPSA) is 115 Å². The number of carbonyl (C=O) groups excluding carboxylic acids is 1. The lowest BCUT2D eigenvalue weighted by Gasteiger charge is -2.09. The van der Waals surface area contributed by atoms with Crippen LogP contribution in [0.2, 0.25) is 0 Å². The van der Waals surface area contributed by atoms with E-state index in [1.807, 2.05) is 0 Å². The Morgan fingerprint density at radius 3 is 2.62 bits per heavy atom. The molecular weight excluding hydrogens is 350 g/mol. The highest BCUT2D eigenvalue weighted by Gasteiger charge is 2.23. The smallest absolute Gasteiger partial charge is 0.325 e. The molecule has 0 saturated carbocycles. The van der Waals surface area contributed by atoms with Gasteiger partial charge in [-0.05, 0) is 12.1 Å². The fourth-order valence-electron chi connectivity index (χ4n) is 2.24. The average Bonchev–Trinajstić information content (AvgIpc) is 3.22. The number of nitrogens with zero attached hydrogens (tertiary/aromatic N) is 5. The minimum atomic E-state index is -2.89. The van der Waals surface area contributed by atoms with Gasteiger partial charge in [-0.3, -0.25) is 9.59 Å². The highest BCUT2D eigenvalue weighted by molar-refractivity contribution is 6.02. The molecule has 1 amide bonds. The molecule has 2 heterocycles. The number of nitrogens with one attached hydrogen (secondary N) is 1. The van der Waals surface area contributed by atoms with Gasteiger partial charge in [0, 0.05) is 0 Å². The van der Waals surface area contributed by atoms with E-state index in [0.717, 1.165) is 21.8 Å². The molecule has 26 heavy (non-hydrogen) atoms. The number of carboxylic acid groups (broad SMARTS) is 1. The first-order chi connectivity index (χ1) is 12.5. The first kappa shape index (κ1) is 17.2. The second-order valence-corrected chi connectivity index (χ2v) is 5.14. The van der Waals surface area contributed by atoms with Crippen LogP contribution in [0.1, 0.15) is 22.6 Å². The van der Waals surface area contributed by atoms with Crippen LogP contribution in [0.15, 0.2) is 42.7 Å². The van der Waals surface area contributed by atoms with E-state index in [9.17, 15) is 18.4 Å². The molecule has 0 aliphatic heterocycles. The highest BCUT2D eigenvalue weighted by Crippen LogP contribution is 2.29. The molecule has 3 rings (SSSR count). The summed E-state index contributed by atoms with van der Waals surface area (Å²) in [5.41, 5.74) is -0.459.